The third-order valence-corrected chi connectivity index (χ3v) is 10.4. The molecule has 2 aromatic rings. The Hall–Kier alpha value is -1.68. The molecular formula is C27H35FN2O. The fourth-order valence-electron chi connectivity index (χ4n) is 8.55. The number of hydrogen-bond acceptors (Lipinski definition) is 2. The number of rotatable bonds is 1. The second-order valence-electron chi connectivity index (χ2n) is 11.6. The smallest absolute Gasteiger partial charge is 0.123 e. The van der Waals surface area contributed by atoms with Crippen LogP contribution in [0.4, 0.5) is 4.39 Å². The summed E-state index contributed by atoms with van der Waals surface area (Å²) in [6.07, 6.45) is 9.38. The van der Waals surface area contributed by atoms with E-state index in [9.17, 15) is 9.50 Å². The van der Waals surface area contributed by atoms with Gasteiger partial charge in [0.05, 0.1) is 17.5 Å². The van der Waals surface area contributed by atoms with Crippen molar-refractivity contribution in [2.45, 2.75) is 78.2 Å². The van der Waals surface area contributed by atoms with E-state index in [1.165, 1.54) is 61.2 Å². The predicted molar refractivity (Wildman–Crippen MR) is 120 cm³/mol. The zero-order chi connectivity index (χ0) is 21.5. The molecule has 1 N–H and O–H groups in total. The van der Waals surface area contributed by atoms with Gasteiger partial charge >= 0.3 is 0 Å². The van der Waals surface area contributed by atoms with Crippen molar-refractivity contribution in [3.8, 4) is 5.69 Å². The fraction of sp³-hybridized carbons (Fsp3) is 0.667. The summed E-state index contributed by atoms with van der Waals surface area (Å²) >= 11 is 0. The average Bonchev–Trinajstić information content (AvgIpc) is 3.23. The quantitative estimate of drug-likeness (QED) is 0.646. The Balaban J connectivity index is 1.35. The van der Waals surface area contributed by atoms with Crippen LogP contribution in [0.15, 0.2) is 24.3 Å². The van der Waals surface area contributed by atoms with E-state index in [4.69, 9.17) is 5.10 Å². The van der Waals surface area contributed by atoms with Crippen molar-refractivity contribution in [1.82, 2.24) is 9.78 Å². The Morgan fingerprint density at radius 3 is 2.52 bits per heavy atom. The number of aliphatic hydroxyl groups excluding tert-OH is 1. The van der Waals surface area contributed by atoms with Gasteiger partial charge in [0.25, 0.3) is 0 Å². The summed E-state index contributed by atoms with van der Waals surface area (Å²) in [4.78, 5) is 0. The molecule has 0 radical (unpaired) electrons. The summed E-state index contributed by atoms with van der Waals surface area (Å²) in [7, 11) is 0. The number of aliphatic hydroxyl groups is 1. The number of halogens is 1. The first-order valence-electron chi connectivity index (χ1n) is 12.3. The van der Waals surface area contributed by atoms with Crippen LogP contribution in [-0.2, 0) is 12.8 Å². The van der Waals surface area contributed by atoms with Gasteiger partial charge in [-0.05, 0) is 123 Å². The van der Waals surface area contributed by atoms with Crippen LogP contribution in [-0.4, -0.2) is 21.0 Å². The molecule has 0 bridgehead atoms. The lowest BCUT2D eigenvalue weighted by atomic mass is 9.45. The van der Waals surface area contributed by atoms with Crippen LogP contribution in [0, 0.1) is 47.2 Å². The van der Waals surface area contributed by atoms with Crippen LogP contribution >= 0.6 is 0 Å². The second kappa shape index (κ2) is 6.66. The van der Waals surface area contributed by atoms with E-state index in [1.54, 1.807) is 0 Å². The van der Waals surface area contributed by atoms with Gasteiger partial charge in [-0.2, -0.15) is 5.10 Å². The fourth-order valence-corrected chi connectivity index (χ4v) is 8.55. The highest BCUT2D eigenvalue weighted by atomic mass is 19.1. The van der Waals surface area contributed by atoms with Crippen molar-refractivity contribution in [2.75, 3.05) is 0 Å². The van der Waals surface area contributed by atoms with Crippen molar-refractivity contribution in [3.63, 3.8) is 0 Å². The highest BCUT2D eigenvalue weighted by Gasteiger charge is 2.60. The maximum absolute atomic E-state index is 13.4. The van der Waals surface area contributed by atoms with Crippen LogP contribution in [0.2, 0.25) is 0 Å². The van der Waals surface area contributed by atoms with Gasteiger partial charge in [0.2, 0.25) is 0 Å². The normalized spacial score (nSPS) is 41.3. The molecule has 0 saturated heterocycles. The molecule has 1 aromatic heterocycles. The Labute approximate surface area is 185 Å². The number of fused-ring (bicyclic) bond motifs is 6. The number of benzene rings is 1. The van der Waals surface area contributed by atoms with Crippen LogP contribution in [0.25, 0.3) is 5.69 Å². The molecule has 1 aromatic carbocycles. The van der Waals surface area contributed by atoms with E-state index in [0.29, 0.717) is 17.3 Å². The van der Waals surface area contributed by atoms with E-state index in [1.807, 2.05) is 16.8 Å². The SMILES string of the molecule is Cc1c2c(nn1-c1ccc(F)cc1)C[C@@H]1CC[C@@H]3[C@H](CC[C@]4(C)[C@@H](O)CC[C@@H]34)[C@@]1(C)C2. The topological polar surface area (TPSA) is 38.0 Å². The molecule has 31 heavy (non-hydrogen) atoms. The highest BCUT2D eigenvalue weighted by molar-refractivity contribution is 5.39. The molecule has 4 aliphatic rings. The van der Waals surface area contributed by atoms with Crippen LogP contribution in [0.5, 0.6) is 0 Å². The van der Waals surface area contributed by atoms with Crippen LogP contribution in [0.1, 0.15) is 69.3 Å². The molecule has 7 atom stereocenters. The molecule has 3 saturated carbocycles. The minimum Gasteiger partial charge on any atom is -0.393 e. The van der Waals surface area contributed by atoms with Gasteiger partial charge < -0.3 is 5.11 Å². The monoisotopic (exact) mass is 422 g/mol. The Kier molecular flexibility index (Phi) is 4.29. The minimum atomic E-state index is -0.204. The van der Waals surface area contributed by atoms with Crippen molar-refractivity contribution in [2.24, 2.45) is 34.5 Å². The van der Waals surface area contributed by atoms with Gasteiger partial charge in [0.1, 0.15) is 5.82 Å². The van der Waals surface area contributed by atoms with E-state index < -0.39 is 0 Å². The van der Waals surface area contributed by atoms with Crippen molar-refractivity contribution < 1.29 is 9.50 Å². The van der Waals surface area contributed by atoms with Gasteiger partial charge in [-0.3, -0.25) is 0 Å². The summed E-state index contributed by atoms with van der Waals surface area (Å²) in [6, 6.07) is 6.71. The van der Waals surface area contributed by atoms with E-state index in [0.717, 1.165) is 36.8 Å². The van der Waals surface area contributed by atoms with Crippen molar-refractivity contribution in [3.05, 3.63) is 47.0 Å². The first-order chi connectivity index (χ1) is 14.8. The van der Waals surface area contributed by atoms with Gasteiger partial charge in [-0.15, -0.1) is 0 Å². The summed E-state index contributed by atoms with van der Waals surface area (Å²) < 4.78 is 15.5. The molecule has 0 aliphatic heterocycles. The lowest BCUT2D eigenvalue weighted by molar-refractivity contribution is -0.111. The molecule has 4 heteroatoms. The van der Waals surface area contributed by atoms with Crippen LogP contribution < -0.4 is 0 Å². The highest BCUT2D eigenvalue weighted by Crippen LogP contribution is 2.65. The molecule has 6 rings (SSSR count). The maximum Gasteiger partial charge on any atom is 0.123 e. The molecule has 0 spiro atoms. The van der Waals surface area contributed by atoms with Crippen LogP contribution in [0.3, 0.4) is 0 Å². The van der Waals surface area contributed by atoms with Gasteiger partial charge in [-0.25, -0.2) is 9.07 Å². The summed E-state index contributed by atoms with van der Waals surface area (Å²) in [6.45, 7) is 7.13. The maximum atomic E-state index is 13.4. The lowest BCUT2D eigenvalue weighted by Crippen LogP contribution is -2.54. The van der Waals surface area contributed by atoms with Crippen molar-refractivity contribution in [1.29, 1.82) is 0 Å². The second-order valence-corrected chi connectivity index (χ2v) is 11.6. The first kappa shape index (κ1) is 20.0. The zero-order valence-electron chi connectivity index (χ0n) is 19.1. The van der Waals surface area contributed by atoms with E-state index in [2.05, 4.69) is 20.8 Å². The molecular weight excluding hydrogens is 387 g/mol. The standard InChI is InChI=1S/C27H35FN2O/c1-16-21-15-27(3)17(14-24(21)29-30(16)19-7-5-18(28)6-8-19)4-9-20-22-10-11-25(31)26(22,2)13-12-23(20)27/h5-8,17,20,22-23,25,31H,4,9-15H2,1-3H3/t17-,20-,22-,23-,25-,26-,27-/m0/s1. The number of aromatic nitrogens is 2. The Bertz CT molecular complexity index is 1010. The Morgan fingerprint density at radius 2 is 1.74 bits per heavy atom. The minimum absolute atomic E-state index is 0.0990. The molecule has 0 unspecified atom stereocenters. The molecule has 0 amide bonds. The Morgan fingerprint density at radius 1 is 1.00 bits per heavy atom. The van der Waals surface area contributed by atoms with Gasteiger partial charge in [0.15, 0.2) is 0 Å². The molecule has 4 aliphatic carbocycles. The van der Waals surface area contributed by atoms with Gasteiger partial charge in [-0.1, -0.05) is 13.8 Å². The largest absolute Gasteiger partial charge is 0.393 e. The predicted octanol–water partition coefficient (Wildman–Crippen LogP) is 5.64. The first-order valence-corrected chi connectivity index (χ1v) is 12.3. The third-order valence-electron chi connectivity index (χ3n) is 10.4. The van der Waals surface area contributed by atoms with E-state index >= 15 is 0 Å². The van der Waals surface area contributed by atoms with E-state index in [-0.39, 0.29) is 17.3 Å². The average molecular weight is 423 g/mol. The van der Waals surface area contributed by atoms with Gasteiger partial charge in [0, 0.05) is 5.69 Å². The van der Waals surface area contributed by atoms with Crippen molar-refractivity contribution >= 4 is 0 Å². The lowest BCUT2D eigenvalue weighted by Gasteiger charge is -2.60. The molecule has 3 fully saturated rings. The summed E-state index contributed by atoms with van der Waals surface area (Å²) in [5.41, 5.74) is 5.34. The third kappa shape index (κ3) is 2.70. The zero-order valence-corrected chi connectivity index (χ0v) is 19.1. The summed E-state index contributed by atoms with van der Waals surface area (Å²) in [5.74, 6) is 2.73. The summed E-state index contributed by atoms with van der Waals surface area (Å²) in [5, 5.41) is 15.7. The molecule has 166 valence electrons. The molecule has 1 heterocycles. The molecule has 3 nitrogen and oxygen atoms in total. The number of hydrogen-bond donors (Lipinski definition) is 1. The number of nitrogens with zero attached hydrogens (tertiary/aromatic N) is 2.